The third-order valence-electron chi connectivity index (χ3n) is 4.39. The summed E-state index contributed by atoms with van der Waals surface area (Å²) in [6.07, 6.45) is 0.453. The van der Waals surface area contributed by atoms with Crippen LogP contribution < -0.4 is 5.32 Å². The van der Waals surface area contributed by atoms with Gasteiger partial charge < -0.3 is 10.4 Å². The monoisotopic (exact) mass is 345 g/mol. The molecule has 3 atom stereocenters. The van der Waals surface area contributed by atoms with E-state index in [1.54, 1.807) is 24.3 Å². The van der Waals surface area contributed by atoms with Crippen LogP contribution in [0, 0.1) is 17.6 Å². The van der Waals surface area contributed by atoms with Crippen LogP contribution in [0.3, 0.4) is 0 Å². The van der Waals surface area contributed by atoms with Crippen molar-refractivity contribution in [1.29, 1.82) is 0 Å². The van der Waals surface area contributed by atoms with E-state index in [2.05, 4.69) is 5.32 Å². The fourth-order valence-electron chi connectivity index (χ4n) is 3.00. The summed E-state index contributed by atoms with van der Waals surface area (Å²) in [6, 6.07) is 11.4. The highest BCUT2D eigenvalue weighted by atomic mass is 19.1. The van der Waals surface area contributed by atoms with Crippen LogP contribution in [-0.2, 0) is 16.0 Å². The van der Waals surface area contributed by atoms with Crippen LogP contribution in [-0.4, -0.2) is 23.0 Å². The van der Waals surface area contributed by atoms with Crippen LogP contribution in [0.15, 0.2) is 48.5 Å². The van der Waals surface area contributed by atoms with Crippen molar-refractivity contribution < 1.29 is 23.5 Å². The first kappa shape index (κ1) is 17.1. The van der Waals surface area contributed by atoms with Crippen LogP contribution >= 0.6 is 0 Å². The normalized spacial score (nSPS) is 19.9. The smallest absolute Gasteiger partial charge is 0.326 e. The van der Waals surface area contributed by atoms with Gasteiger partial charge in [0.15, 0.2) is 0 Å². The molecule has 0 bridgehead atoms. The fraction of sp³-hybridized carbons (Fsp3) is 0.263. The Hall–Kier alpha value is -2.76. The number of nitrogens with one attached hydrogen (secondary N) is 1. The molecule has 130 valence electrons. The number of benzene rings is 2. The van der Waals surface area contributed by atoms with E-state index in [-0.39, 0.29) is 12.0 Å². The number of carbonyl (C=O) groups excluding carboxylic acids is 1. The van der Waals surface area contributed by atoms with Crippen LogP contribution in [0.4, 0.5) is 8.78 Å². The molecular weight excluding hydrogens is 328 g/mol. The van der Waals surface area contributed by atoms with E-state index in [0.717, 1.165) is 17.7 Å². The first-order chi connectivity index (χ1) is 12.0. The number of amides is 1. The van der Waals surface area contributed by atoms with Crippen molar-refractivity contribution in [3.63, 3.8) is 0 Å². The van der Waals surface area contributed by atoms with E-state index >= 15 is 0 Å². The summed E-state index contributed by atoms with van der Waals surface area (Å²) in [7, 11) is 0. The molecule has 0 heterocycles. The summed E-state index contributed by atoms with van der Waals surface area (Å²) < 4.78 is 27.6. The maximum atomic E-state index is 13.8. The zero-order chi connectivity index (χ0) is 18.0. The average molecular weight is 345 g/mol. The average Bonchev–Trinajstić information content (AvgIpc) is 3.35. The molecule has 2 N–H and O–H groups in total. The van der Waals surface area contributed by atoms with Crippen LogP contribution in [0.2, 0.25) is 0 Å². The molecule has 1 fully saturated rings. The number of rotatable bonds is 6. The number of carboxylic acids is 1. The third-order valence-corrected chi connectivity index (χ3v) is 4.39. The number of halogens is 2. The summed E-state index contributed by atoms with van der Waals surface area (Å²) in [5.74, 6) is -4.16. The second kappa shape index (κ2) is 7.01. The van der Waals surface area contributed by atoms with E-state index in [4.69, 9.17) is 0 Å². The molecule has 1 aliphatic rings. The van der Waals surface area contributed by atoms with Gasteiger partial charge in [0, 0.05) is 23.8 Å². The van der Waals surface area contributed by atoms with Gasteiger partial charge in [-0.1, -0.05) is 36.4 Å². The topological polar surface area (TPSA) is 66.4 Å². The summed E-state index contributed by atoms with van der Waals surface area (Å²) >= 11 is 0. The standard InChI is InChI=1S/C19H17F2NO3/c20-14-7-4-8-15(21)17(14)12-10-13(12)18(23)22-16(19(24)25)9-11-5-2-1-3-6-11/h1-8,12-13,16H,9-10H2,(H,22,23)(H,24,25)/t12?,13?,16-/m1/s1. The number of carboxylic acid groups (broad SMARTS) is 1. The minimum atomic E-state index is -1.15. The predicted molar refractivity (Wildman–Crippen MR) is 86.9 cm³/mol. The SMILES string of the molecule is O=C(N[C@H](Cc1ccccc1)C(=O)O)C1CC1c1c(F)cccc1F. The molecule has 4 nitrogen and oxygen atoms in total. The van der Waals surface area contributed by atoms with Crippen molar-refractivity contribution in [2.45, 2.75) is 24.8 Å². The quantitative estimate of drug-likeness (QED) is 0.846. The van der Waals surface area contributed by atoms with E-state index in [0.29, 0.717) is 6.42 Å². The lowest BCUT2D eigenvalue weighted by molar-refractivity contribution is -0.142. The molecule has 1 aliphatic carbocycles. The van der Waals surface area contributed by atoms with Gasteiger partial charge in [0.1, 0.15) is 17.7 Å². The molecule has 1 amide bonds. The fourth-order valence-corrected chi connectivity index (χ4v) is 3.00. The maximum Gasteiger partial charge on any atom is 0.326 e. The Kier molecular flexibility index (Phi) is 4.79. The summed E-state index contributed by atoms with van der Waals surface area (Å²) in [5.41, 5.74) is 0.681. The molecule has 25 heavy (non-hydrogen) atoms. The first-order valence-electron chi connectivity index (χ1n) is 7.98. The van der Waals surface area contributed by atoms with Gasteiger partial charge in [0.25, 0.3) is 0 Å². The van der Waals surface area contributed by atoms with Crippen molar-refractivity contribution in [1.82, 2.24) is 5.32 Å². The van der Waals surface area contributed by atoms with Gasteiger partial charge in [0.2, 0.25) is 5.91 Å². The van der Waals surface area contributed by atoms with Gasteiger partial charge in [-0.3, -0.25) is 4.79 Å². The van der Waals surface area contributed by atoms with Gasteiger partial charge in [-0.25, -0.2) is 13.6 Å². The van der Waals surface area contributed by atoms with Gasteiger partial charge in [-0.05, 0) is 24.1 Å². The van der Waals surface area contributed by atoms with Crippen molar-refractivity contribution >= 4 is 11.9 Å². The summed E-state index contributed by atoms with van der Waals surface area (Å²) in [5, 5.41) is 11.8. The molecule has 0 saturated heterocycles. The Morgan fingerprint density at radius 1 is 1.08 bits per heavy atom. The zero-order valence-electron chi connectivity index (χ0n) is 13.3. The van der Waals surface area contributed by atoms with Crippen molar-refractivity contribution in [3.8, 4) is 0 Å². The lowest BCUT2D eigenvalue weighted by Crippen LogP contribution is -2.43. The van der Waals surface area contributed by atoms with Crippen LogP contribution in [0.25, 0.3) is 0 Å². The molecule has 1 saturated carbocycles. The number of hydrogen-bond donors (Lipinski definition) is 2. The molecule has 6 heteroatoms. The lowest BCUT2D eigenvalue weighted by Gasteiger charge is -2.15. The highest BCUT2D eigenvalue weighted by Crippen LogP contribution is 2.49. The van der Waals surface area contributed by atoms with Crippen molar-refractivity contribution in [2.24, 2.45) is 5.92 Å². The Labute approximate surface area is 143 Å². The van der Waals surface area contributed by atoms with Gasteiger partial charge >= 0.3 is 5.97 Å². The summed E-state index contributed by atoms with van der Waals surface area (Å²) in [4.78, 5) is 23.7. The Morgan fingerprint density at radius 3 is 2.32 bits per heavy atom. The molecule has 2 aromatic rings. The molecule has 0 spiro atoms. The number of carbonyl (C=O) groups is 2. The Balaban J connectivity index is 1.66. The Bertz CT molecular complexity index is 774. The molecule has 2 unspecified atom stereocenters. The first-order valence-corrected chi connectivity index (χ1v) is 7.98. The second-order valence-electron chi connectivity index (χ2n) is 6.17. The van der Waals surface area contributed by atoms with Gasteiger partial charge in [-0.15, -0.1) is 0 Å². The van der Waals surface area contributed by atoms with Gasteiger partial charge in [0.05, 0.1) is 0 Å². The van der Waals surface area contributed by atoms with E-state index < -0.39 is 41.4 Å². The maximum absolute atomic E-state index is 13.8. The highest BCUT2D eigenvalue weighted by molar-refractivity contribution is 5.87. The minimum Gasteiger partial charge on any atom is -0.480 e. The summed E-state index contributed by atoms with van der Waals surface area (Å²) in [6.45, 7) is 0. The minimum absolute atomic E-state index is 0.0995. The van der Waals surface area contributed by atoms with Gasteiger partial charge in [-0.2, -0.15) is 0 Å². The second-order valence-corrected chi connectivity index (χ2v) is 6.17. The van der Waals surface area contributed by atoms with Crippen molar-refractivity contribution in [3.05, 3.63) is 71.3 Å². The Morgan fingerprint density at radius 2 is 1.72 bits per heavy atom. The lowest BCUT2D eigenvalue weighted by atomic mass is 10.0. The largest absolute Gasteiger partial charge is 0.480 e. The highest BCUT2D eigenvalue weighted by Gasteiger charge is 2.47. The third kappa shape index (κ3) is 3.84. The van der Waals surface area contributed by atoms with E-state index in [1.807, 2.05) is 6.07 Å². The van der Waals surface area contributed by atoms with Crippen molar-refractivity contribution in [2.75, 3.05) is 0 Å². The van der Waals surface area contributed by atoms with E-state index in [1.165, 1.54) is 6.07 Å². The zero-order valence-corrected chi connectivity index (χ0v) is 13.3. The molecular formula is C19H17F2NO3. The van der Waals surface area contributed by atoms with Crippen LogP contribution in [0.5, 0.6) is 0 Å². The number of hydrogen-bond acceptors (Lipinski definition) is 2. The molecule has 0 aliphatic heterocycles. The molecule has 0 radical (unpaired) electrons. The predicted octanol–water partition coefficient (Wildman–Crippen LogP) is 2.88. The molecule has 0 aromatic heterocycles. The molecule has 2 aromatic carbocycles. The number of aliphatic carboxylic acids is 1. The molecule has 3 rings (SSSR count). The van der Waals surface area contributed by atoms with Crippen LogP contribution in [0.1, 0.15) is 23.5 Å². The van der Waals surface area contributed by atoms with E-state index in [9.17, 15) is 23.5 Å².